The maximum absolute atomic E-state index is 10.1. The Kier molecular flexibility index (Phi) is 3.95. The van der Waals surface area contributed by atoms with Crippen LogP contribution in [0.1, 0.15) is 36.8 Å². The maximum atomic E-state index is 10.1. The minimum absolute atomic E-state index is 0.296. The van der Waals surface area contributed by atoms with Crippen LogP contribution in [0.25, 0.3) is 17.0 Å². The predicted molar refractivity (Wildman–Crippen MR) is 94.8 cm³/mol. The number of anilines is 1. The van der Waals surface area contributed by atoms with Gasteiger partial charge in [0, 0.05) is 36.5 Å². The third kappa shape index (κ3) is 2.78. The molecule has 3 aromatic rings. The van der Waals surface area contributed by atoms with Crippen molar-refractivity contribution < 1.29 is 9.63 Å². The summed E-state index contributed by atoms with van der Waals surface area (Å²) in [6.45, 7) is 7.58. The van der Waals surface area contributed by atoms with E-state index in [4.69, 9.17) is 14.6 Å². The summed E-state index contributed by atoms with van der Waals surface area (Å²) in [4.78, 5) is 6.96. The Morgan fingerprint density at radius 2 is 2.12 bits per heavy atom. The van der Waals surface area contributed by atoms with Gasteiger partial charge in [-0.1, -0.05) is 12.1 Å². The van der Waals surface area contributed by atoms with Crippen LogP contribution < -0.4 is 4.90 Å². The fourth-order valence-corrected chi connectivity index (χ4v) is 3.63. The molecular weight excluding hydrogens is 318 g/mol. The molecule has 0 bridgehead atoms. The zero-order chi connectivity index (χ0) is 17.6. The quantitative estimate of drug-likeness (QED) is 0.788. The van der Waals surface area contributed by atoms with Crippen LogP contribution >= 0.6 is 0 Å². The highest BCUT2D eigenvalue weighted by molar-refractivity contribution is 5.65. The largest absolute Gasteiger partial charge is 0.391 e. The molecule has 132 valence electrons. The molecular formula is C18H23N5O2. The van der Waals surface area contributed by atoms with Gasteiger partial charge in [-0.25, -0.2) is 4.98 Å². The third-order valence-electron chi connectivity index (χ3n) is 4.82. The Bertz CT molecular complexity index is 914. The van der Waals surface area contributed by atoms with Crippen molar-refractivity contribution in [2.45, 2.75) is 46.1 Å². The van der Waals surface area contributed by atoms with Crippen LogP contribution in [0.3, 0.4) is 0 Å². The van der Waals surface area contributed by atoms with E-state index in [0.29, 0.717) is 12.2 Å². The molecule has 0 amide bonds. The number of hydrogen-bond donors (Lipinski definition) is 1. The Morgan fingerprint density at radius 1 is 1.28 bits per heavy atom. The lowest BCUT2D eigenvalue weighted by Gasteiger charge is -2.33. The molecule has 0 saturated carbocycles. The van der Waals surface area contributed by atoms with E-state index >= 15 is 0 Å². The van der Waals surface area contributed by atoms with Gasteiger partial charge in [0.25, 0.3) is 0 Å². The van der Waals surface area contributed by atoms with Gasteiger partial charge in [-0.15, -0.1) is 0 Å². The molecule has 0 radical (unpaired) electrons. The summed E-state index contributed by atoms with van der Waals surface area (Å²) in [5.74, 6) is 1.79. The van der Waals surface area contributed by atoms with E-state index < -0.39 is 0 Å². The number of piperidine rings is 1. The first-order valence-electron chi connectivity index (χ1n) is 8.82. The zero-order valence-corrected chi connectivity index (χ0v) is 14.9. The second-order valence-corrected chi connectivity index (χ2v) is 6.72. The van der Waals surface area contributed by atoms with Gasteiger partial charge in [0.2, 0.25) is 0 Å². The van der Waals surface area contributed by atoms with E-state index in [0.717, 1.165) is 54.4 Å². The summed E-state index contributed by atoms with van der Waals surface area (Å²) in [6, 6.07) is 3.81. The summed E-state index contributed by atoms with van der Waals surface area (Å²) >= 11 is 0. The number of aromatic nitrogens is 4. The van der Waals surface area contributed by atoms with Crippen LogP contribution in [-0.4, -0.2) is 44.1 Å². The lowest BCUT2D eigenvalue weighted by molar-refractivity contribution is 0.153. The van der Waals surface area contributed by atoms with Gasteiger partial charge in [0.05, 0.1) is 6.10 Å². The van der Waals surface area contributed by atoms with Gasteiger partial charge < -0.3 is 14.5 Å². The van der Waals surface area contributed by atoms with Crippen molar-refractivity contribution in [2.75, 3.05) is 18.0 Å². The average molecular weight is 341 g/mol. The van der Waals surface area contributed by atoms with E-state index in [1.54, 1.807) is 0 Å². The average Bonchev–Trinajstić information content (AvgIpc) is 3.19. The Balaban J connectivity index is 1.90. The van der Waals surface area contributed by atoms with Crippen LogP contribution in [-0.2, 0) is 6.42 Å². The first-order chi connectivity index (χ1) is 12.1. The molecule has 4 rings (SSSR count). The van der Waals surface area contributed by atoms with Gasteiger partial charge in [0.1, 0.15) is 23.0 Å². The van der Waals surface area contributed by atoms with Gasteiger partial charge >= 0.3 is 0 Å². The Hall–Kier alpha value is -2.41. The third-order valence-corrected chi connectivity index (χ3v) is 4.82. The van der Waals surface area contributed by atoms with Crippen molar-refractivity contribution in [3.8, 4) is 11.4 Å². The number of nitrogens with zero attached hydrogens (tertiary/aromatic N) is 5. The molecule has 1 saturated heterocycles. The van der Waals surface area contributed by atoms with Crippen molar-refractivity contribution >= 4 is 11.5 Å². The minimum atomic E-state index is -0.296. The number of aliphatic hydroxyl groups is 1. The van der Waals surface area contributed by atoms with E-state index in [9.17, 15) is 5.11 Å². The van der Waals surface area contributed by atoms with Crippen molar-refractivity contribution in [2.24, 2.45) is 0 Å². The number of hydrogen-bond acceptors (Lipinski definition) is 6. The van der Waals surface area contributed by atoms with E-state index in [1.807, 2.05) is 30.5 Å². The normalized spacial score (nSPS) is 18.2. The molecule has 1 aliphatic heterocycles. The summed E-state index contributed by atoms with van der Waals surface area (Å²) in [6.07, 6.45) is 2.40. The van der Waals surface area contributed by atoms with E-state index in [-0.39, 0.29) is 6.10 Å². The fourth-order valence-electron chi connectivity index (χ4n) is 3.63. The molecule has 7 nitrogen and oxygen atoms in total. The summed E-state index contributed by atoms with van der Waals surface area (Å²) in [7, 11) is 0. The maximum Gasteiger partial charge on any atom is 0.158 e. The smallest absolute Gasteiger partial charge is 0.158 e. The second kappa shape index (κ2) is 6.15. The molecule has 1 fully saturated rings. The van der Waals surface area contributed by atoms with Gasteiger partial charge in [-0.05, 0) is 33.1 Å². The highest BCUT2D eigenvalue weighted by Crippen LogP contribution is 2.29. The molecule has 25 heavy (non-hydrogen) atoms. The SMILES string of the molecule is CCc1c(C)nc2cc(-c3cc(C)on3)nn2c1N1CCCC(O)C1. The first-order valence-corrected chi connectivity index (χ1v) is 8.82. The number of β-amino-alcohol motifs (C(OH)–C–C–N with tert-alkyl or cyclic N) is 1. The number of aryl methyl sites for hydroxylation is 2. The molecule has 1 atom stereocenters. The summed E-state index contributed by atoms with van der Waals surface area (Å²) < 4.78 is 7.07. The topological polar surface area (TPSA) is 79.7 Å². The lowest BCUT2D eigenvalue weighted by Crippen LogP contribution is -2.40. The lowest BCUT2D eigenvalue weighted by atomic mass is 10.1. The highest BCUT2D eigenvalue weighted by atomic mass is 16.5. The van der Waals surface area contributed by atoms with Crippen LogP contribution in [0.2, 0.25) is 0 Å². The van der Waals surface area contributed by atoms with Crippen LogP contribution in [0.15, 0.2) is 16.7 Å². The summed E-state index contributed by atoms with van der Waals surface area (Å²) in [5.41, 5.74) is 4.43. The Morgan fingerprint density at radius 3 is 2.80 bits per heavy atom. The number of rotatable bonds is 3. The van der Waals surface area contributed by atoms with Crippen LogP contribution in [0.4, 0.5) is 5.82 Å². The van der Waals surface area contributed by atoms with Crippen molar-refractivity contribution in [3.05, 3.63) is 29.2 Å². The molecule has 3 aromatic heterocycles. The minimum Gasteiger partial charge on any atom is -0.391 e. The summed E-state index contributed by atoms with van der Waals surface area (Å²) in [5, 5.41) is 18.9. The second-order valence-electron chi connectivity index (χ2n) is 6.72. The molecule has 0 spiro atoms. The molecule has 0 aromatic carbocycles. The van der Waals surface area contributed by atoms with Gasteiger partial charge in [-0.3, -0.25) is 0 Å². The van der Waals surface area contributed by atoms with Crippen LogP contribution in [0, 0.1) is 13.8 Å². The van der Waals surface area contributed by atoms with Gasteiger partial charge in [-0.2, -0.15) is 9.61 Å². The fraction of sp³-hybridized carbons (Fsp3) is 0.500. The van der Waals surface area contributed by atoms with Crippen molar-refractivity contribution in [3.63, 3.8) is 0 Å². The van der Waals surface area contributed by atoms with Crippen molar-refractivity contribution in [1.82, 2.24) is 19.8 Å². The standard InChI is InChI=1S/C18H23N5O2/c1-4-14-12(3)19-17-9-15(16-8-11(2)25-21-16)20-23(17)18(14)22-7-5-6-13(24)10-22/h8-9,13,24H,4-7,10H2,1-3H3. The number of aliphatic hydroxyl groups excluding tert-OH is 1. The predicted octanol–water partition coefficient (Wildman–Crippen LogP) is 2.52. The molecule has 1 unspecified atom stereocenters. The molecule has 0 aliphatic carbocycles. The zero-order valence-electron chi connectivity index (χ0n) is 14.9. The monoisotopic (exact) mass is 341 g/mol. The molecule has 4 heterocycles. The van der Waals surface area contributed by atoms with Crippen LogP contribution in [0.5, 0.6) is 0 Å². The first kappa shape index (κ1) is 16.1. The molecule has 1 aliphatic rings. The number of fused-ring (bicyclic) bond motifs is 1. The molecule has 1 N–H and O–H groups in total. The van der Waals surface area contributed by atoms with E-state index in [1.165, 1.54) is 5.56 Å². The molecule has 7 heteroatoms. The van der Waals surface area contributed by atoms with Gasteiger partial charge in [0.15, 0.2) is 5.65 Å². The highest BCUT2D eigenvalue weighted by Gasteiger charge is 2.25. The Labute approximate surface area is 146 Å². The van der Waals surface area contributed by atoms with Crippen molar-refractivity contribution in [1.29, 1.82) is 0 Å². The van der Waals surface area contributed by atoms with E-state index in [2.05, 4.69) is 17.0 Å².